The predicted octanol–water partition coefficient (Wildman–Crippen LogP) is 0.799. The Morgan fingerprint density at radius 3 is 2.52 bits per heavy atom. The number of ether oxygens (including phenoxy) is 1. The van der Waals surface area contributed by atoms with Gasteiger partial charge in [-0.15, -0.1) is 0 Å². The molecule has 1 unspecified atom stereocenters. The highest BCUT2D eigenvalue weighted by Crippen LogP contribution is 2.34. The fourth-order valence-corrected chi connectivity index (χ4v) is 2.82. The van der Waals surface area contributed by atoms with Gasteiger partial charge in [0.1, 0.15) is 12.6 Å². The number of amides is 2. The van der Waals surface area contributed by atoms with Gasteiger partial charge in [0.05, 0.1) is 7.11 Å². The first-order valence-electron chi connectivity index (χ1n) is 7.74. The molecular formula is C15H24N2O4. The summed E-state index contributed by atoms with van der Waals surface area (Å²) in [5, 5.41) is 0. The standard InChI is InChI=1S/C15H24N2O4/c1-3-8-16(10-13(18)21-2)15(20)12-5-4-9-17(12)14(19)11-6-7-11/h11-12H,3-10H2,1-2H3. The van der Waals surface area contributed by atoms with Gasteiger partial charge >= 0.3 is 5.97 Å². The van der Waals surface area contributed by atoms with Crippen molar-refractivity contribution in [3.63, 3.8) is 0 Å². The summed E-state index contributed by atoms with van der Waals surface area (Å²) in [6.07, 6.45) is 4.20. The van der Waals surface area contributed by atoms with E-state index < -0.39 is 12.0 Å². The molecule has 118 valence electrons. The quantitative estimate of drug-likeness (QED) is 0.680. The third-order valence-electron chi connectivity index (χ3n) is 4.10. The molecule has 2 fully saturated rings. The Bertz CT molecular complexity index is 420. The molecule has 1 aliphatic carbocycles. The highest BCUT2D eigenvalue weighted by atomic mass is 16.5. The Morgan fingerprint density at radius 2 is 1.95 bits per heavy atom. The first-order chi connectivity index (χ1) is 10.1. The molecule has 6 nitrogen and oxygen atoms in total. The minimum atomic E-state index is -0.421. The summed E-state index contributed by atoms with van der Waals surface area (Å²) in [6, 6.07) is -0.394. The van der Waals surface area contributed by atoms with E-state index in [9.17, 15) is 14.4 Å². The average Bonchev–Trinajstić information content (AvgIpc) is 3.22. The lowest BCUT2D eigenvalue weighted by Crippen LogP contribution is -2.49. The molecule has 1 aliphatic heterocycles. The van der Waals surface area contributed by atoms with Crippen LogP contribution in [0.5, 0.6) is 0 Å². The lowest BCUT2D eigenvalue weighted by Gasteiger charge is -2.29. The third-order valence-corrected chi connectivity index (χ3v) is 4.10. The van der Waals surface area contributed by atoms with Gasteiger partial charge in [0.15, 0.2) is 0 Å². The minimum absolute atomic E-state index is 0.0366. The van der Waals surface area contributed by atoms with Crippen LogP contribution < -0.4 is 0 Å². The monoisotopic (exact) mass is 296 g/mol. The van der Waals surface area contributed by atoms with Crippen molar-refractivity contribution in [3.05, 3.63) is 0 Å². The smallest absolute Gasteiger partial charge is 0.325 e. The fourth-order valence-electron chi connectivity index (χ4n) is 2.82. The topological polar surface area (TPSA) is 66.9 Å². The van der Waals surface area contributed by atoms with Gasteiger partial charge in [0.2, 0.25) is 11.8 Å². The van der Waals surface area contributed by atoms with E-state index in [1.807, 2.05) is 6.92 Å². The maximum Gasteiger partial charge on any atom is 0.325 e. The molecule has 0 N–H and O–H groups in total. The Kier molecular flexibility index (Phi) is 5.20. The van der Waals surface area contributed by atoms with E-state index in [4.69, 9.17) is 0 Å². The SMILES string of the molecule is CCCN(CC(=O)OC)C(=O)C1CCCN1C(=O)C1CC1. The van der Waals surface area contributed by atoms with Gasteiger partial charge < -0.3 is 14.5 Å². The van der Waals surface area contributed by atoms with Gasteiger partial charge in [0.25, 0.3) is 0 Å². The van der Waals surface area contributed by atoms with E-state index in [1.54, 1.807) is 4.90 Å². The van der Waals surface area contributed by atoms with Gasteiger partial charge in [-0.2, -0.15) is 0 Å². The molecule has 2 amide bonds. The number of carbonyl (C=O) groups is 3. The average molecular weight is 296 g/mol. The summed E-state index contributed by atoms with van der Waals surface area (Å²) in [7, 11) is 1.31. The fraction of sp³-hybridized carbons (Fsp3) is 0.800. The number of likely N-dealkylation sites (tertiary alicyclic amines) is 1. The van der Waals surface area contributed by atoms with Gasteiger partial charge in [-0.25, -0.2) is 0 Å². The molecule has 2 aliphatic rings. The van der Waals surface area contributed by atoms with E-state index in [0.29, 0.717) is 19.5 Å². The van der Waals surface area contributed by atoms with Crippen molar-refractivity contribution in [2.75, 3.05) is 26.7 Å². The zero-order valence-electron chi connectivity index (χ0n) is 12.8. The highest BCUT2D eigenvalue weighted by molar-refractivity contribution is 5.91. The van der Waals surface area contributed by atoms with Crippen molar-refractivity contribution in [3.8, 4) is 0 Å². The molecule has 21 heavy (non-hydrogen) atoms. The first-order valence-corrected chi connectivity index (χ1v) is 7.74. The van der Waals surface area contributed by atoms with Crippen molar-refractivity contribution in [2.24, 2.45) is 5.92 Å². The lowest BCUT2D eigenvalue weighted by molar-refractivity contribution is -0.150. The van der Waals surface area contributed by atoms with E-state index in [2.05, 4.69) is 4.74 Å². The summed E-state index contributed by atoms with van der Waals surface area (Å²) in [5.41, 5.74) is 0. The Hall–Kier alpha value is -1.59. The van der Waals surface area contributed by atoms with E-state index in [0.717, 1.165) is 25.7 Å². The van der Waals surface area contributed by atoms with Crippen LogP contribution in [0, 0.1) is 5.92 Å². The molecule has 0 spiro atoms. The third kappa shape index (κ3) is 3.74. The van der Waals surface area contributed by atoms with Crippen LogP contribution in [0.25, 0.3) is 0 Å². The molecular weight excluding hydrogens is 272 g/mol. The van der Waals surface area contributed by atoms with Gasteiger partial charge in [-0.1, -0.05) is 6.92 Å². The summed E-state index contributed by atoms with van der Waals surface area (Å²) < 4.78 is 4.65. The van der Waals surface area contributed by atoms with Crippen molar-refractivity contribution >= 4 is 17.8 Å². The second-order valence-electron chi connectivity index (χ2n) is 5.80. The second-order valence-corrected chi connectivity index (χ2v) is 5.80. The molecule has 0 aromatic rings. The first kappa shape index (κ1) is 15.8. The van der Waals surface area contributed by atoms with Crippen LogP contribution in [0.15, 0.2) is 0 Å². The number of carbonyl (C=O) groups excluding carboxylic acids is 3. The van der Waals surface area contributed by atoms with Gasteiger partial charge in [-0.05, 0) is 32.1 Å². The molecule has 1 saturated carbocycles. The molecule has 0 aromatic carbocycles. The molecule has 6 heteroatoms. The van der Waals surface area contributed by atoms with Crippen LogP contribution in [0.1, 0.15) is 39.0 Å². The maximum absolute atomic E-state index is 12.7. The molecule has 0 radical (unpaired) electrons. The minimum Gasteiger partial charge on any atom is -0.468 e. The normalized spacial score (nSPS) is 21.2. The second kappa shape index (κ2) is 6.91. The van der Waals surface area contributed by atoms with Crippen LogP contribution in [0.2, 0.25) is 0 Å². The largest absolute Gasteiger partial charge is 0.468 e. The van der Waals surface area contributed by atoms with E-state index in [-0.39, 0.29) is 24.3 Å². The number of methoxy groups -OCH3 is 1. The summed E-state index contributed by atoms with van der Waals surface area (Å²) in [6.45, 7) is 3.09. The number of hydrogen-bond acceptors (Lipinski definition) is 4. The van der Waals surface area contributed by atoms with Crippen LogP contribution >= 0.6 is 0 Å². The molecule has 1 heterocycles. The Balaban J connectivity index is 2.03. The van der Waals surface area contributed by atoms with Crippen molar-refractivity contribution in [2.45, 2.75) is 45.1 Å². The van der Waals surface area contributed by atoms with E-state index >= 15 is 0 Å². The van der Waals surface area contributed by atoms with E-state index in [1.165, 1.54) is 12.0 Å². The van der Waals surface area contributed by atoms with Crippen LogP contribution in [-0.2, 0) is 19.1 Å². The Morgan fingerprint density at radius 1 is 1.24 bits per heavy atom. The number of hydrogen-bond donors (Lipinski definition) is 0. The van der Waals surface area contributed by atoms with Crippen LogP contribution in [0.3, 0.4) is 0 Å². The van der Waals surface area contributed by atoms with Gasteiger partial charge in [-0.3, -0.25) is 14.4 Å². The molecule has 2 rings (SSSR count). The summed E-state index contributed by atoms with van der Waals surface area (Å²) in [4.78, 5) is 39.6. The van der Waals surface area contributed by atoms with Crippen LogP contribution in [0.4, 0.5) is 0 Å². The number of nitrogens with zero attached hydrogens (tertiary/aromatic N) is 2. The predicted molar refractivity (Wildman–Crippen MR) is 76.3 cm³/mol. The number of rotatable bonds is 6. The molecule has 0 aromatic heterocycles. The van der Waals surface area contributed by atoms with Crippen molar-refractivity contribution in [1.82, 2.24) is 9.80 Å². The van der Waals surface area contributed by atoms with Crippen LogP contribution in [-0.4, -0.2) is 60.4 Å². The molecule has 1 saturated heterocycles. The highest BCUT2D eigenvalue weighted by Gasteiger charge is 2.42. The molecule has 1 atom stereocenters. The zero-order valence-corrected chi connectivity index (χ0v) is 12.8. The van der Waals surface area contributed by atoms with Crippen molar-refractivity contribution in [1.29, 1.82) is 0 Å². The summed E-state index contributed by atoms with van der Waals surface area (Å²) >= 11 is 0. The number of esters is 1. The lowest BCUT2D eigenvalue weighted by atomic mass is 10.1. The van der Waals surface area contributed by atoms with Gasteiger partial charge in [0, 0.05) is 19.0 Å². The zero-order chi connectivity index (χ0) is 15.4. The Labute approximate surface area is 125 Å². The molecule has 0 bridgehead atoms. The summed E-state index contributed by atoms with van der Waals surface area (Å²) in [5.74, 6) is -0.303. The van der Waals surface area contributed by atoms with Crippen molar-refractivity contribution < 1.29 is 19.1 Å². The maximum atomic E-state index is 12.7.